The van der Waals surface area contributed by atoms with Crippen LogP contribution in [0, 0.1) is 0 Å². The minimum atomic E-state index is 0.812. The Hall–Kier alpha value is 1.95. The standard InChI is InChI=1S/H20Si9/c1-3-5-7-9-8-6-4-2/h3-9H2,1-2H3. The summed E-state index contributed by atoms with van der Waals surface area (Å²) in [6.45, 7) is 0. The molecule has 56 valence electrons. The van der Waals surface area contributed by atoms with Gasteiger partial charge >= 0.3 is 0 Å². The van der Waals surface area contributed by atoms with Gasteiger partial charge in [0, 0.05) is 0 Å². The molecule has 0 unspecified atom stereocenters. The lowest BCUT2D eigenvalue weighted by molar-refractivity contribution is 3.85. The molecule has 0 aromatic rings. The van der Waals surface area contributed by atoms with E-state index in [9.17, 15) is 0 Å². The summed E-state index contributed by atoms with van der Waals surface area (Å²) in [7, 11) is 9.50. The third-order valence-corrected chi connectivity index (χ3v) is 138. The average molecular weight is 273 g/mol. The van der Waals surface area contributed by atoms with Crippen molar-refractivity contribution in [2.75, 3.05) is 0 Å². The Labute approximate surface area is 79.0 Å². The Kier molecular flexibility index (Phi) is 12.1. The first kappa shape index (κ1) is 11.0. The van der Waals surface area contributed by atoms with Gasteiger partial charge < -0.3 is 0 Å². The molecular weight excluding hydrogens is 253 g/mol. The maximum atomic E-state index is 1.71. The van der Waals surface area contributed by atoms with Gasteiger partial charge in [-0.1, -0.05) is 0 Å². The highest BCUT2D eigenvalue weighted by atomic mass is 30.0. The van der Waals surface area contributed by atoms with Crippen LogP contribution < -0.4 is 0 Å². The molecule has 0 aliphatic rings. The summed E-state index contributed by atoms with van der Waals surface area (Å²) in [6, 6.07) is 0. The molecule has 0 spiro atoms. The molecule has 9 heteroatoms. The van der Waals surface area contributed by atoms with Crippen molar-refractivity contribution >= 4 is 79.4 Å². The van der Waals surface area contributed by atoms with E-state index in [1.165, 1.54) is 0 Å². The van der Waals surface area contributed by atoms with Crippen molar-refractivity contribution in [2.45, 2.75) is 0 Å². The maximum Gasteiger partial charge on any atom is -0.00934 e. The molecule has 0 aromatic heterocycles. The molecule has 0 amide bonds. The van der Waals surface area contributed by atoms with E-state index in [-0.39, 0.29) is 0 Å². The van der Waals surface area contributed by atoms with E-state index < -0.39 is 0 Å². The van der Waals surface area contributed by atoms with Crippen LogP contribution in [0.4, 0.5) is 0 Å². The number of hydrogen-bond donors (Lipinski definition) is 0. The lowest BCUT2D eigenvalue weighted by atomic mass is 26.2. The van der Waals surface area contributed by atoms with Gasteiger partial charge in [-0.15, -0.1) is 0 Å². The Bertz CT molecular complexity index is 33.3. The van der Waals surface area contributed by atoms with Crippen molar-refractivity contribution in [1.29, 1.82) is 0 Å². The molecule has 0 bridgehead atoms. The van der Waals surface area contributed by atoms with Gasteiger partial charge in [0.15, 0.2) is 0 Å². The summed E-state index contributed by atoms with van der Waals surface area (Å²) in [4.78, 5) is 0. The largest absolute Gasteiger partial charge is 0.0120 e. The van der Waals surface area contributed by atoms with E-state index in [1.54, 1.807) is 19.5 Å². The van der Waals surface area contributed by atoms with Crippen LogP contribution in [0.25, 0.3) is 0 Å². The summed E-state index contributed by atoms with van der Waals surface area (Å²) < 4.78 is 0. The highest BCUT2D eigenvalue weighted by Crippen LogP contribution is 1.53. The molecule has 0 rings (SSSR count). The molecule has 0 aliphatic carbocycles. The van der Waals surface area contributed by atoms with Gasteiger partial charge in [-0.2, -0.15) is 0 Å². The maximum absolute atomic E-state index is 1.71. The van der Waals surface area contributed by atoms with Crippen LogP contribution in [0.2, 0.25) is 0 Å². The van der Waals surface area contributed by atoms with Crippen LogP contribution in [0.5, 0.6) is 0 Å². The van der Waals surface area contributed by atoms with Crippen molar-refractivity contribution in [1.82, 2.24) is 0 Å². The van der Waals surface area contributed by atoms with Crippen LogP contribution in [0.15, 0.2) is 0 Å². The monoisotopic (exact) mass is 272 g/mol. The van der Waals surface area contributed by atoms with Crippen molar-refractivity contribution in [3.05, 3.63) is 0 Å². The highest BCUT2D eigenvalue weighted by Gasteiger charge is 1.90. The second-order valence-corrected chi connectivity index (χ2v) is 74.7. The first-order valence-corrected chi connectivity index (χ1v) is 39.7. The Morgan fingerprint density at radius 1 is 0.556 bits per heavy atom. The molecule has 0 radical (unpaired) electrons. The summed E-state index contributed by atoms with van der Waals surface area (Å²) in [5.74, 6) is 0. The molecular formula is H20Si9. The second kappa shape index (κ2) is 9.95. The highest BCUT2D eigenvalue weighted by molar-refractivity contribution is 7.66. The SMILES string of the molecule is [SiH3][SiH2][SiH2][SiH2][SiH2][SiH2][SiH2][SiH2][SiH3]. The van der Waals surface area contributed by atoms with E-state index in [0.29, 0.717) is 0 Å². The van der Waals surface area contributed by atoms with Gasteiger partial charge in [-0.25, -0.2) is 0 Å². The zero-order valence-corrected chi connectivity index (χ0v) is 20.8. The van der Waals surface area contributed by atoms with Crippen molar-refractivity contribution in [3.63, 3.8) is 0 Å². The molecule has 0 nitrogen and oxygen atoms in total. The summed E-state index contributed by atoms with van der Waals surface area (Å²) >= 11 is 0. The van der Waals surface area contributed by atoms with Crippen LogP contribution in [0.1, 0.15) is 0 Å². The lowest BCUT2D eigenvalue weighted by Crippen LogP contribution is -2.28. The lowest BCUT2D eigenvalue weighted by Gasteiger charge is -1.91. The van der Waals surface area contributed by atoms with E-state index in [4.69, 9.17) is 0 Å². The van der Waals surface area contributed by atoms with Gasteiger partial charge in [-0.3, -0.25) is 0 Å². The molecule has 0 aromatic carbocycles. The van der Waals surface area contributed by atoms with Gasteiger partial charge in [0.2, 0.25) is 0 Å². The van der Waals surface area contributed by atoms with Crippen LogP contribution in [0.3, 0.4) is 0 Å². The summed E-state index contributed by atoms with van der Waals surface area (Å²) in [5, 5.41) is 0. The predicted octanol–water partition coefficient (Wildman–Crippen LogP) is -8.78. The predicted molar refractivity (Wildman–Crippen MR) is 79.7 cm³/mol. The first-order valence-electron chi connectivity index (χ1n) is 4.41. The molecule has 0 aliphatic heterocycles. The molecule has 0 fully saturated rings. The Balaban J connectivity index is 2.60. The van der Waals surface area contributed by atoms with E-state index >= 15 is 0 Å². The fourth-order valence-corrected chi connectivity index (χ4v) is 250. The zero-order chi connectivity index (χ0) is 6.95. The zero-order valence-electron chi connectivity index (χ0n) is 6.95. The fourth-order valence-electron chi connectivity index (χ4n) is 1.03. The van der Waals surface area contributed by atoms with Crippen molar-refractivity contribution < 1.29 is 0 Å². The van der Waals surface area contributed by atoms with Crippen LogP contribution in [-0.4, -0.2) is 79.4 Å². The first-order chi connectivity index (χ1) is 4.41. The topological polar surface area (TPSA) is 0 Å². The smallest absolute Gasteiger partial charge is 0.00934 e. The molecule has 0 saturated heterocycles. The molecule has 0 N–H and O–H groups in total. The Morgan fingerprint density at radius 3 is 1.22 bits per heavy atom. The third kappa shape index (κ3) is 9.95. The van der Waals surface area contributed by atoms with Gasteiger partial charge in [-0.05, 0) is 79.4 Å². The fraction of sp³-hybridized carbons (Fsp3) is 0. The van der Waals surface area contributed by atoms with E-state index in [0.717, 1.165) is 59.9 Å². The second-order valence-electron chi connectivity index (χ2n) is 2.77. The van der Waals surface area contributed by atoms with Gasteiger partial charge in [0.1, 0.15) is 0 Å². The third-order valence-electron chi connectivity index (χ3n) is 1.71. The van der Waals surface area contributed by atoms with Crippen molar-refractivity contribution in [3.8, 4) is 0 Å². The number of hydrogen-bond acceptors (Lipinski definition) is 0. The average Bonchev–Trinajstić information content (AvgIpc) is 1.89. The molecule has 9 heavy (non-hydrogen) atoms. The van der Waals surface area contributed by atoms with E-state index in [2.05, 4.69) is 0 Å². The Morgan fingerprint density at radius 2 is 0.889 bits per heavy atom. The summed E-state index contributed by atoms with van der Waals surface area (Å²) in [5.41, 5.74) is 0. The van der Waals surface area contributed by atoms with Gasteiger partial charge in [0.05, 0.1) is 0 Å². The minimum Gasteiger partial charge on any atom is -0.0120 e. The van der Waals surface area contributed by atoms with Crippen LogP contribution >= 0.6 is 0 Å². The van der Waals surface area contributed by atoms with Gasteiger partial charge in [0.25, 0.3) is 0 Å². The molecule has 0 saturated carbocycles. The van der Waals surface area contributed by atoms with E-state index in [1.807, 2.05) is 0 Å². The normalized spacial score (nSPS) is 20.0. The van der Waals surface area contributed by atoms with Crippen molar-refractivity contribution in [2.24, 2.45) is 0 Å². The number of rotatable bonds is 6. The summed E-state index contributed by atoms with van der Waals surface area (Å²) in [6.07, 6.45) is 0. The van der Waals surface area contributed by atoms with Crippen LogP contribution in [-0.2, 0) is 0 Å². The quantitative estimate of drug-likeness (QED) is 0.333. The molecule has 0 heterocycles. The molecule has 0 atom stereocenters. The minimum absolute atomic E-state index is 0.812.